The molecule has 1 aromatic rings. The highest BCUT2D eigenvalue weighted by Crippen LogP contribution is 2.29. The molecular formula is C7H9F3N2. The van der Waals surface area contributed by atoms with Crippen molar-refractivity contribution in [1.29, 1.82) is 0 Å². The van der Waals surface area contributed by atoms with E-state index < -0.39 is 11.9 Å². The van der Waals surface area contributed by atoms with Gasteiger partial charge in [-0.05, 0) is 18.6 Å². The lowest BCUT2D eigenvalue weighted by molar-refractivity contribution is -0.141. The maximum Gasteiger partial charge on any atom is 0.433 e. The maximum atomic E-state index is 12.0. The second-order valence-electron chi connectivity index (χ2n) is 2.17. The van der Waals surface area contributed by atoms with E-state index in [-0.39, 0.29) is 11.7 Å². The highest BCUT2D eigenvalue weighted by Gasteiger charge is 2.33. The van der Waals surface area contributed by atoms with E-state index in [0.29, 0.717) is 0 Å². The van der Waals surface area contributed by atoms with Gasteiger partial charge in [-0.3, -0.25) is 4.98 Å². The number of nitrogens with zero attached hydrogens (tertiary/aromatic N) is 1. The number of hydrogen-bond acceptors (Lipinski definition) is 2. The second-order valence-corrected chi connectivity index (χ2v) is 2.17. The van der Waals surface area contributed by atoms with Gasteiger partial charge in [0.2, 0.25) is 0 Å². The molecule has 0 atom stereocenters. The minimum absolute atomic E-state index is 0. The molecule has 0 bridgehead atoms. The Balaban J connectivity index is 0.00000121. The third-order valence-corrected chi connectivity index (χ3v) is 1.28. The van der Waals surface area contributed by atoms with E-state index in [1.54, 1.807) is 0 Å². The first kappa shape index (κ1) is 10.9. The Morgan fingerprint density at radius 3 is 2.25 bits per heavy atom. The third-order valence-electron chi connectivity index (χ3n) is 1.28. The first-order valence-corrected chi connectivity index (χ1v) is 3.00. The largest absolute Gasteiger partial charge is 0.433 e. The molecule has 0 aromatic carbocycles. The van der Waals surface area contributed by atoms with Crippen LogP contribution >= 0.6 is 0 Å². The van der Waals surface area contributed by atoms with Gasteiger partial charge >= 0.3 is 6.18 Å². The van der Waals surface area contributed by atoms with E-state index in [1.807, 2.05) is 0 Å². The van der Waals surface area contributed by atoms with Gasteiger partial charge in [0.25, 0.3) is 0 Å². The number of rotatable bonds is 0. The fourth-order valence-electron chi connectivity index (χ4n) is 0.782. The van der Waals surface area contributed by atoms with Gasteiger partial charge in [-0.25, -0.2) is 0 Å². The van der Waals surface area contributed by atoms with E-state index in [2.05, 4.69) is 4.98 Å². The molecule has 0 aliphatic rings. The summed E-state index contributed by atoms with van der Waals surface area (Å²) >= 11 is 0. The highest BCUT2D eigenvalue weighted by molar-refractivity contribution is 5.19. The topological polar surface area (TPSA) is 47.9 Å². The van der Waals surface area contributed by atoms with Crippen LogP contribution in [0.25, 0.3) is 0 Å². The number of aryl methyl sites for hydroxylation is 1. The van der Waals surface area contributed by atoms with Crippen molar-refractivity contribution < 1.29 is 13.2 Å². The lowest BCUT2D eigenvalue weighted by Crippen LogP contribution is -2.09. The van der Waals surface area contributed by atoms with Gasteiger partial charge < -0.3 is 6.15 Å². The van der Waals surface area contributed by atoms with E-state index in [4.69, 9.17) is 0 Å². The Morgan fingerprint density at radius 1 is 1.33 bits per heavy atom. The summed E-state index contributed by atoms with van der Waals surface area (Å²) in [5.74, 6) is 0. The van der Waals surface area contributed by atoms with Crippen molar-refractivity contribution in [2.75, 3.05) is 0 Å². The molecule has 0 amide bonds. The zero-order valence-electron chi connectivity index (χ0n) is 6.52. The SMILES string of the molecule is Cc1cccnc1C(F)(F)F.N. The smallest absolute Gasteiger partial charge is 0.344 e. The standard InChI is InChI=1S/C7H6F3N.H3N/c1-5-3-2-4-11-6(5)7(8,9)10;/h2-4H,1H3;1H3. The zero-order chi connectivity index (χ0) is 8.48. The molecule has 68 valence electrons. The molecule has 0 aliphatic heterocycles. The van der Waals surface area contributed by atoms with Crippen molar-refractivity contribution in [3.8, 4) is 0 Å². The number of aromatic nitrogens is 1. The van der Waals surface area contributed by atoms with E-state index >= 15 is 0 Å². The molecule has 0 fully saturated rings. The maximum absolute atomic E-state index is 12.0. The number of pyridine rings is 1. The first-order valence-electron chi connectivity index (χ1n) is 3.00. The fraction of sp³-hybridized carbons (Fsp3) is 0.286. The monoisotopic (exact) mass is 178 g/mol. The Bertz CT molecular complexity index is 257. The third kappa shape index (κ3) is 2.20. The lowest BCUT2D eigenvalue weighted by atomic mass is 10.2. The summed E-state index contributed by atoms with van der Waals surface area (Å²) in [5, 5.41) is 0. The van der Waals surface area contributed by atoms with Gasteiger partial charge in [-0.2, -0.15) is 13.2 Å². The van der Waals surface area contributed by atoms with Crippen molar-refractivity contribution >= 4 is 0 Å². The van der Waals surface area contributed by atoms with Crippen LogP contribution in [0.3, 0.4) is 0 Å². The van der Waals surface area contributed by atoms with Crippen molar-refractivity contribution in [3.63, 3.8) is 0 Å². The molecule has 1 rings (SSSR count). The predicted molar refractivity (Wildman–Crippen MR) is 39.0 cm³/mol. The predicted octanol–water partition coefficient (Wildman–Crippen LogP) is 2.57. The van der Waals surface area contributed by atoms with Crippen LogP contribution in [0, 0.1) is 6.92 Å². The Kier molecular flexibility index (Phi) is 3.21. The summed E-state index contributed by atoms with van der Waals surface area (Å²) in [5.41, 5.74) is -0.653. The summed E-state index contributed by atoms with van der Waals surface area (Å²) in [6.07, 6.45) is -3.19. The van der Waals surface area contributed by atoms with Crippen LogP contribution in [0.5, 0.6) is 0 Å². The summed E-state index contributed by atoms with van der Waals surface area (Å²) in [7, 11) is 0. The van der Waals surface area contributed by atoms with Gasteiger partial charge in [-0.1, -0.05) is 6.07 Å². The van der Waals surface area contributed by atoms with Crippen LogP contribution in [0.15, 0.2) is 18.3 Å². The molecule has 0 radical (unpaired) electrons. The second kappa shape index (κ2) is 3.53. The average molecular weight is 178 g/mol. The molecule has 0 saturated heterocycles. The van der Waals surface area contributed by atoms with Crippen LogP contribution < -0.4 is 6.15 Å². The van der Waals surface area contributed by atoms with Gasteiger partial charge in [-0.15, -0.1) is 0 Å². The van der Waals surface area contributed by atoms with Crippen LogP contribution in [-0.4, -0.2) is 4.98 Å². The van der Waals surface area contributed by atoms with E-state index in [9.17, 15) is 13.2 Å². The van der Waals surface area contributed by atoms with Crippen LogP contribution in [-0.2, 0) is 6.18 Å². The molecule has 1 heterocycles. The van der Waals surface area contributed by atoms with E-state index in [0.717, 1.165) is 6.20 Å². The Morgan fingerprint density at radius 2 is 1.92 bits per heavy atom. The van der Waals surface area contributed by atoms with E-state index in [1.165, 1.54) is 19.1 Å². The van der Waals surface area contributed by atoms with Crippen LogP contribution in [0.1, 0.15) is 11.3 Å². The minimum atomic E-state index is -4.33. The molecular weight excluding hydrogens is 169 g/mol. The molecule has 0 aliphatic carbocycles. The zero-order valence-corrected chi connectivity index (χ0v) is 6.52. The molecule has 0 unspecified atom stereocenters. The Hall–Kier alpha value is -1.10. The van der Waals surface area contributed by atoms with Crippen molar-refractivity contribution in [2.45, 2.75) is 13.1 Å². The average Bonchev–Trinajstić information content (AvgIpc) is 1.86. The Labute approximate surface area is 68.0 Å². The van der Waals surface area contributed by atoms with Crippen molar-refractivity contribution in [2.24, 2.45) is 0 Å². The van der Waals surface area contributed by atoms with Gasteiger partial charge in [0.05, 0.1) is 0 Å². The van der Waals surface area contributed by atoms with Crippen molar-refractivity contribution in [1.82, 2.24) is 11.1 Å². The minimum Gasteiger partial charge on any atom is -0.344 e. The molecule has 2 nitrogen and oxygen atoms in total. The number of halogens is 3. The fourth-order valence-corrected chi connectivity index (χ4v) is 0.782. The molecule has 0 saturated carbocycles. The van der Waals surface area contributed by atoms with Gasteiger partial charge in [0, 0.05) is 6.20 Å². The molecule has 0 spiro atoms. The summed E-state index contributed by atoms with van der Waals surface area (Å²) in [6, 6.07) is 2.86. The van der Waals surface area contributed by atoms with Gasteiger partial charge in [0.15, 0.2) is 0 Å². The lowest BCUT2D eigenvalue weighted by Gasteiger charge is -2.06. The summed E-state index contributed by atoms with van der Waals surface area (Å²) < 4.78 is 36.0. The quantitative estimate of drug-likeness (QED) is 0.663. The summed E-state index contributed by atoms with van der Waals surface area (Å²) in [4.78, 5) is 3.22. The number of hydrogen-bond donors (Lipinski definition) is 1. The normalized spacial score (nSPS) is 10.7. The van der Waals surface area contributed by atoms with Crippen LogP contribution in [0.2, 0.25) is 0 Å². The summed E-state index contributed by atoms with van der Waals surface area (Å²) in [6.45, 7) is 1.38. The van der Waals surface area contributed by atoms with Gasteiger partial charge in [0.1, 0.15) is 5.69 Å². The molecule has 3 N–H and O–H groups in total. The van der Waals surface area contributed by atoms with Crippen molar-refractivity contribution in [3.05, 3.63) is 29.6 Å². The first-order chi connectivity index (χ1) is 5.02. The highest BCUT2D eigenvalue weighted by atomic mass is 19.4. The number of alkyl halides is 3. The molecule has 12 heavy (non-hydrogen) atoms. The van der Waals surface area contributed by atoms with Crippen LogP contribution in [0.4, 0.5) is 13.2 Å². The molecule has 5 heteroatoms. The molecule has 1 aromatic heterocycles.